The van der Waals surface area contributed by atoms with E-state index in [9.17, 15) is 4.79 Å². The third kappa shape index (κ3) is 3.08. The molecule has 3 rings (SSSR count). The van der Waals surface area contributed by atoms with Crippen molar-refractivity contribution in [3.63, 3.8) is 0 Å². The first-order valence-corrected chi connectivity index (χ1v) is 7.68. The van der Waals surface area contributed by atoms with Gasteiger partial charge in [-0.1, -0.05) is 42.5 Å². The zero-order valence-corrected chi connectivity index (χ0v) is 12.5. The maximum atomic E-state index is 12.5. The predicted octanol–water partition coefficient (Wildman–Crippen LogP) is 2.80. The summed E-state index contributed by atoms with van der Waals surface area (Å²) >= 11 is 0. The van der Waals surface area contributed by atoms with Crippen LogP contribution in [0.3, 0.4) is 0 Å². The molecule has 21 heavy (non-hydrogen) atoms. The van der Waals surface area contributed by atoms with E-state index in [2.05, 4.69) is 47.8 Å². The van der Waals surface area contributed by atoms with E-state index >= 15 is 0 Å². The Hall–Kier alpha value is -1.87. The van der Waals surface area contributed by atoms with Gasteiger partial charge in [-0.05, 0) is 42.3 Å². The van der Waals surface area contributed by atoms with Crippen LogP contribution in [0, 0.1) is 5.92 Å². The minimum atomic E-state index is 0.186. The number of amides is 1. The molecular formula is C18H22N2O. The lowest BCUT2D eigenvalue weighted by Gasteiger charge is -2.27. The summed E-state index contributed by atoms with van der Waals surface area (Å²) in [5.41, 5.74) is 1.22. The maximum absolute atomic E-state index is 12.5. The molecule has 1 N–H and O–H groups in total. The fourth-order valence-corrected chi connectivity index (χ4v) is 3.14. The highest BCUT2D eigenvalue weighted by Crippen LogP contribution is 2.21. The van der Waals surface area contributed by atoms with Crippen LogP contribution in [0.1, 0.15) is 18.4 Å². The van der Waals surface area contributed by atoms with Gasteiger partial charge in [-0.2, -0.15) is 0 Å². The topological polar surface area (TPSA) is 32.3 Å². The quantitative estimate of drug-likeness (QED) is 0.939. The van der Waals surface area contributed by atoms with Crippen LogP contribution in [0.2, 0.25) is 0 Å². The second-order valence-electron chi connectivity index (χ2n) is 5.86. The van der Waals surface area contributed by atoms with Crippen molar-refractivity contribution in [1.29, 1.82) is 0 Å². The number of piperidine rings is 1. The van der Waals surface area contributed by atoms with Gasteiger partial charge in [-0.3, -0.25) is 4.79 Å². The molecule has 1 saturated heterocycles. The summed E-state index contributed by atoms with van der Waals surface area (Å²) in [4.78, 5) is 14.4. The van der Waals surface area contributed by atoms with E-state index in [0.717, 1.165) is 25.9 Å². The average molecular weight is 282 g/mol. The molecule has 0 saturated carbocycles. The van der Waals surface area contributed by atoms with Crippen molar-refractivity contribution >= 4 is 16.7 Å². The maximum Gasteiger partial charge on any atom is 0.225 e. The minimum Gasteiger partial charge on any atom is -0.341 e. The van der Waals surface area contributed by atoms with Crippen LogP contribution in [-0.2, 0) is 11.3 Å². The number of rotatable bonds is 3. The molecule has 0 unspecified atom stereocenters. The number of benzene rings is 2. The van der Waals surface area contributed by atoms with E-state index in [1.165, 1.54) is 16.3 Å². The molecule has 1 aliphatic rings. The molecule has 0 bridgehead atoms. The molecule has 0 radical (unpaired) electrons. The summed E-state index contributed by atoms with van der Waals surface area (Å²) in [5, 5.41) is 5.79. The average Bonchev–Trinajstić information content (AvgIpc) is 2.55. The van der Waals surface area contributed by atoms with Crippen LogP contribution < -0.4 is 5.32 Å². The SMILES string of the molecule is CN(Cc1cccc2ccccc12)C(=O)C1CCNCC1. The zero-order chi connectivity index (χ0) is 14.7. The zero-order valence-electron chi connectivity index (χ0n) is 12.5. The Balaban J connectivity index is 1.76. The van der Waals surface area contributed by atoms with Crippen molar-refractivity contribution in [2.75, 3.05) is 20.1 Å². The van der Waals surface area contributed by atoms with Crippen molar-refractivity contribution in [3.8, 4) is 0 Å². The monoisotopic (exact) mass is 282 g/mol. The van der Waals surface area contributed by atoms with Gasteiger partial charge < -0.3 is 10.2 Å². The molecule has 3 nitrogen and oxygen atoms in total. The van der Waals surface area contributed by atoms with Gasteiger partial charge in [0.05, 0.1) is 0 Å². The number of nitrogens with one attached hydrogen (secondary N) is 1. The first-order chi connectivity index (χ1) is 10.3. The van der Waals surface area contributed by atoms with Crippen LogP contribution in [0.25, 0.3) is 10.8 Å². The Morgan fingerprint density at radius 2 is 1.86 bits per heavy atom. The molecule has 1 heterocycles. The van der Waals surface area contributed by atoms with E-state index in [-0.39, 0.29) is 11.8 Å². The fraction of sp³-hybridized carbons (Fsp3) is 0.389. The summed E-state index contributed by atoms with van der Waals surface area (Å²) in [6, 6.07) is 14.7. The summed E-state index contributed by atoms with van der Waals surface area (Å²) in [6.07, 6.45) is 1.91. The molecule has 0 aliphatic carbocycles. The first-order valence-electron chi connectivity index (χ1n) is 7.68. The minimum absolute atomic E-state index is 0.186. The molecule has 0 atom stereocenters. The molecule has 1 aliphatic heterocycles. The summed E-state index contributed by atoms with van der Waals surface area (Å²) in [5.74, 6) is 0.468. The van der Waals surface area contributed by atoms with Gasteiger partial charge in [0.15, 0.2) is 0 Å². The Morgan fingerprint density at radius 3 is 2.67 bits per heavy atom. The lowest BCUT2D eigenvalue weighted by molar-refractivity contribution is -0.135. The molecule has 2 aromatic carbocycles. The summed E-state index contributed by atoms with van der Waals surface area (Å²) in [7, 11) is 1.92. The van der Waals surface area contributed by atoms with E-state index in [0.29, 0.717) is 6.54 Å². The van der Waals surface area contributed by atoms with Gasteiger partial charge in [0.25, 0.3) is 0 Å². The highest BCUT2D eigenvalue weighted by molar-refractivity contribution is 5.86. The van der Waals surface area contributed by atoms with Crippen LogP contribution in [0.5, 0.6) is 0 Å². The first kappa shape index (κ1) is 14.1. The van der Waals surface area contributed by atoms with Gasteiger partial charge >= 0.3 is 0 Å². The van der Waals surface area contributed by atoms with Crippen molar-refractivity contribution in [2.24, 2.45) is 5.92 Å². The third-order valence-corrected chi connectivity index (χ3v) is 4.35. The third-order valence-electron chi connectivity index (χ3n) is 4.35. The number of carbonyl (C=O) groups excluding carboxylic acids is 1. The van der Waals surface area contributed by atoms with Crippen molar-refractivity contribution < 1.29 is 4.79 Å². The predicted molar refractivity (Wildman–Crippen MR) is 86.0 cm³/mol. The van der Waals surface area contributed by atoms with E-state index < -0.39 is 0 Å². The molecule has 2 aromatic rings. The van der Waals surface area contributed by atoms with Crippen molar-refractivity contribution in [3.05, 3.63) is 48.0 Å². The van der Waals surface area contributed by atoms with Crippen LogP contribution in [0.4, 0.5) is 0 Å². The number of nitrogens with zero attached hydrogens (tertiary/aromatic N) is 1. The Bertz CT molecular complexity index is 627. The lowest BCUT2D eigenvalue weighted by Crippen LogP contribution is -2.38. The van der Waals surface area contributed by atoms with Crippen LogP contribution in [0.15, 0.2) is 42.5 Å². The number of hydrogen-bond acceptors (Lipinski definition) is 2. The second-order valence-corrected chi connectivity index (χ2v) is 5.86. The molecule has 0 spiro atoms. The van der Waals surface area contributed by atoms with Gasteiger partial charge in [0, 0.05) is 19.5 Å². The molecule has 3 heteroatoms. The Kier molecular flexibility index (Phi) is 4.20. The highest BCUT2D eigenvalue weighted by atomic mass is 16.2. The summed E-state index contributed by atoms with van der Waals surface area (Å²) in [6.45, 7) is 2.60. The Labute approximate surface area is 125 Å². The molecule has 1 amide bonds. The normalized spacial score (nSPS) is 16.0. The van der Waals surface area contributed by atoms with E-state index in [1.54, 1.807) is 0 Å². The molecular weight excluding hydrogens is 260 g/mol. The van der Waals surface area contributed by atoms with E-state index in [1.807, 2.05) is 11.9 Å². The number of fused-ring (bicyclic) bond motifs is 1. The van der Waals surface area contributed by atoms with Gasteiger partial charge in [0.2, 0.25) is 5.91 Å². The smallest absolute Gasteiger partial charge is 0.225 e. The Morgan fingerprint density at radius 1 is 1.14 bits per heavy atom. The van der Waals surface area contributed by atoms with Crippen molar-refractivity contribution in [2.45, 2.75) is 19.4 Å². The molecule has 110 valence electrons. The van der Waals surface area contributed by atoms with Crippen molar-refractivity contribution in [1.82, 2.24) is 10.2 Å². The van der Waals surface area contributed by atoms with E-state index in [4.69, 9.17) is 0 Å². The number of hydrogen-bond donors (Lipinski definition) is 1. The molecule has 0 aromatic heterocycles. The number of carbonyl (C=O) groups is 1. The standard InChI is InChI=1S/C18H22N2O/c1-20(18(21)15-9-11-19-12-10-15)13-16-7-4-6-14-5-2-3-8-17(14)16/h2-8,15,19H,9-13H2,1H3. The highest BCUT2D eigenvalue weighted by Gasteiger charge is 2.24. The van der Waals surface area contributed by atoms with Gasteiger partial charge in [-0.15, -0.1) is 0 Å². The largest absolute Gasteiger partial charge is 0.341 e. The summed E-state index contributed by atoms with van der Waals surface area (Å²) < 4.78 is 0. The van der Waals surface area contributed by atoms with Gasteiger partial charge in [0.1, 0.15) is 0 Å². The second kappa shape index (κ2) is 6.27. The van der Waals surface area contributed by atoms with Crippen LogP contribution in [-0.4, -0.2) is 30.9 Å². The fourth-order valence-electron chi connectivity index (χ4n) is 3.14. The molecule has 1 fully saturated rings. The van der Waals surface area contributed by atoms with Crippen LogP contribution >= 0.6 is 0 Å². The lowest BCUT2D eigenvalue weighted by atomic mass is 9.96. The van der Waals surface area contributed by atoms with Gasteiger partial charge in [-0.25, -0.2) is 0 Å².